The molecule has 0 bridgehead atoms. The van der Waals surface area contributed by atoms with Gasteiger partial charge in [0.2, 0.25) is 21.8 Å². The average molecular weight is 401 g/mol. The van der Waals surface area contributed by atoms with Crippen LogP contribution in [-0.4, -0.2) is 55.6 Å². The molecule has 1 aliphatic heterocycles. The molecule has 2 amide bonds. The van der Waals surface area contributed by atoms with E-state index in [1.165, 1.54) is 17.0 Å². The molecule has 1 heterocycles. The minimum Gasteiger partial charge on any atom is -0.353 e. The maximum Gasteiger partial charge on any atom is 0.243 e. The molecule has 3 rings (SSSR count). The maximum atomic E-state index is 13.0. The second kappa shape index (κ2) is 8.53. The zero-order valence-electron chi connectivity index (χ0n) is 15.6. The number of rotatable bonds is 6. The minimum atomic E-state index is -3.87. The van der Waals surface area contributed by atoms with Crippen LogP contribution in [0.4, 0.5) is 0 Å². The van der Waals surface area contributed by atoms with Gasteiger partial charge in [0.15, 0.2) is 0 Å². The molecule has 1 N–H and O–H groups in total. The van der Waals surface area contributed by atoms with Gasteiger partial charge in [-0.05, 0) is 17.7 Å². The molecule has 0 aromatic heterocycles. The number of hydrogen-bond acceptors (Lipinski definition) is 4. The van der Waals surface area contributed by atoms with E-state index in [9.17, 15) is 18.0 Å². The van der Waals surface area contributed by atoms with E-state index in [0.717, 1.165) is 9.87 Å². The van der Waals surface area contributed by atoms with Gasteiger partial charge in [0.25, 0.3) is 0 Å². The first-order valence-corrected chi connectivity index (χ1v) is 10.5. The predicted octanol–water partition coefficient (Wildman–Crippen LogP) is 1.22. The molecule has 0 saturated carbocycles. The van der Waals surface area contributed by atoms with E-state index >= 15 is 0 Å². The molecular formula is C20H23N3O4S. The topological polar surface area (TPSA) is 86.8 Å². The Morgan fingerprint density at radius 2 is 1.71 bits per heavy atom. The van der Waals surface area contributed by atoms with E-state index < -0.39 is 22.0 Å². The van der Waals surface area contributed by atoms with Crippen LogP contribution in [0.3, 0.4) is 0 Å². The highest BCUT2D eigenvalue weighted by Gasteiger charge is 2.40. The molecule has 1 saturated heterocycles. The quantitative estimate of drug-likeness (QED) is 0.789. The van der Waals surface area contributed by atoms with Crippen LogP contribution >= 0.6 is 0 Å². The van der Waals surface area contributed by atoms with Crippen molar-refractivity contribution in [2.75, 3.05) is 20.1 Å². The van der Waals surface area contributed by atoms with Gasteiger partial charge in [0.05, 0.1) is 11.3 Å². The number of sulfonamides is 1. The summed E-state index contributed by atoms with van der Waals surface area (Å²) in [5.74, 6) is -0.744. The van der Waals surface area contributed by atoms with Crippen molar-refractivity contribution in [1.82, 2.24) is 14.5 Å². The summed E-state index contributed by atoms with van der Waals surface area (Å²) in [5.41, 5.74) is 0.959. The fraction of sp³-hybridized carbons (Fsp3) is 0.300. The highest BCUT2D eigenvalue weighted by Crippen LogP contribution is 2.22. The molecule has 1 fully saturated rings. The molecule has 1 aliphatic rings. The van der Waals surface area contributed by atoms with Crippen LogP contribution in [0.15, 0.2) is 65.6 Å². The van der Waals surface area contributed by atoms with E-state index in [0.29, 0.717) is 6.54 Å². The van der Waals surface area contributed by atoms with Crippen molar-refractivity contribution in [3.05, 3.63) is 66.2 Å². The standard InChI is InChI=1S/C20H23N3O4S/c1-22(15-16-8-4-2-5-9-16)19(24)14-18-20(25)21-12-13-23(18)28(26,27)17-10-6-3-7-11-17/h2-11,18H,12-15H2,1H3,(H,21,25). The van der Waals surface area contributed by atoms with Crippen molar-refractivity contribution >= 4 is 21.8 Å². The zero-order chi connectivity index (χ0) is 20.1. The normalized spacial score (nSPS) is 17.8. The maximum absolute atomic E-state index is 13.0. The Hall–Kier alpha value is -2.71. The van der Waals surface area contributed by atoms with E-state index in [-0.39, 0.29) is 30.3 Å². The second-order valence-corrected chi connectivity index (χ2v) is 8.57. The third-order valence-corrected chi connectivity index (χ3v) is 6.61. The van der Waals surface area contributed by atoms with Gasteiger partial charge in [0.1, 0.15) is 6.04 Å². The molecule has 2 aromatic rings. The van der Waals surface area contributed by atoms with E-state index in [2.05, 4.69) is 5.32 Å². The molecular weight excluding hydrogens is 378 g/mol. The van der Waals surface area contributed by atoms with Gasteiger partial charge in [0, 0.05) is 26.7 Å². The summed E-state index contributed by atoms with van der Waals surface area (Å²) in [5, 5.41) is 2.66. The lowest BCUT2D eigenvalue weighted by molar-refractivity contribution is -0.136. The largest absolute Gasteiger partial charge is 0.353 e. The Balaban J connectivity index is 1.77. The summed E-state index contributed by atoms with van der Waals surface area (Å²) in [6.07, 6.45) is -0.207. The molecule has 1 atom stereocenters. The molecule has 0 radical (unpaired) electrons. The number of hydrogen-bond donors (Lipinski definition) is 1. The van der Waals surface area contributed by atoms with Crippen LogP contribution in [0.1, 0.15) is 12.0 Å². The van der Waals surface area contributed by atoms with E-state index in [1.54, 1.807) is 25.2 Å². The van der Waals surface area contributed by atoms with Crippen LogP contribution in [0, 0.1) is 0 Å². The number of piperazine rings is 1. The van der Waals surface area contributed by atoms with Crippen molar-refractivity contribution in [2.24, 2.45) is 0 Å². The summed E-state index contributed by atoms with van der Waals surface area (Å²) in [4.78, 5) is 26.7. The number of carbonyl (C=O) groups excluding carboxylic acids is 2. The molecule has 0 spiro atoms. The van der Waals surface area contributed by atoms with Gasteiger partial charge in [-0.15, -0.1) is 0 Å². The lowest BCUT2D eigenvalue weighted by atomic mass is 10.1. The first-order chi connectivity index (χ1) is 13.4. The Bertz CT molecular complexity index is 932. The van der Waals surface area contributed by atoms with Gasteiger partial charge in [-0.2, -0.15) is 4.31 Å². The fourth-order valence-corrected chi connectivity index (χ4v) is 4.78. The summed E-state index contributed by atoms with van der Waals surface area (Å²) in [7, 11) is -2.23. The van der Waals surface area contributed by atoms with Crippen molar-refractivity contribution < 1.29 is 18.0 Å². The van der Waals surface area contributed by atoms with E-state index in [1.807, 2.05) is 30.3 Å². The number of carbonyl (C=O) groups is 2. The first kappa shape index (κ1) is 20.0. The number of amides is 2. The highest BCUT2D eigenvalue weighted by atomic mass is 32.2. The average Bonchev–Trinajstić information content (AvgIpc) is 2.70. The Kier molecular flexibility index (Phi) is 6.11. The molecule has 2 aromatic carbocycles. The number of benzene rings is 2. The monoisotopic (exact) mass is 401 g/mol. The lowest BCUT2D eigenvalue weighted by Gasteiger charge is -2.34. The van der Waals surface area contributed by atoms with Crippen LogP contribution in [0.5, 0.6) is 0 Å². The molecule has 148 valence electrons. The van der Waals surface area contributed by atoms with Crippen LogP contribution in [0.25, 0.3) is 0 Å². The Morgan fingerprint density at radius 1 is 1.11 bits per heavy atom. The van der Waals surface area contributed by atoms with Gasteiger partial charge in [-0.1, -0.05) is 48.5 Å². The summed E-state index contributed by atoms with van der Waals surface area (Å²) >= 11 is 0. The van der Waals surface area contributed by atoms with Crippen molar-refractivity contribution in [2.45, 2.75) is 23.9 Å². The minimum absolute atomic E-state index is 0.111. The van der Waals surface area contributed by atoms with Gasteiger partial charge >= 0.3 is 0 Å². The smallest absolute Gasteiger partial charge is 0.243 e. The number of nitrogens with one attached hydrogen (secondary N) is 1. The summed E-state index contributed by atoms with van der Waals surface area (Å²) < 4.78 is 27.1. The Labute approximate surface area is 165 Å². The third kappa shape index (κ3) is 4.40. The third-order valence-electron chi connectivity index (χ3n) is 4.69. The van der Waals surface area contributed by atoms with Crippen LogP contribution in [-0.2, 0) is 26.2 Å². The zero-order valence-corrected chi connectivity index (χ0v) is 16.4. The Morgan fingerprint density at radius 3 is 2.36 bits per heavy atom. The lowest BCUT2D eigenvalue weighted by Crippen LogP contribution is -2.58. The summed E-state index contributed by atoms with van der Waals surface area (Å²) in [6, 6.07) is 16.4. The fourth-order valence-electron chi connectivity index (χ4n) is 3.17. The van der Waals surface area contributed by atoms with Crippen molar-refractivity contribution in [3.63, 3.8) is 0 Å². The first-order valence-electron chi connectivity index (χ1n) is 9.02. The van der Waals surface area contributed by atoms with Gasteiger partial charge in [-0.3, -0.25) is 9.59 Å². The molecule has 8 heteroatoms. The molecule has 1 unspecified atom stereocenters. The SMILES string of the molecule is CN(Cc1ccccc1)C(=O)CC1C(=O)NCCN1S(=O)(=O)c1ccccc1. The van der Waals surface area contributed by atoms with Gasteiger partial charge in [-0.25, -0.2) is 8.42 Å². The second-order valence-electron chi connectivity index (χ2n) is 6.68. The van der Waals surface area contributed by atoms with Crippen molar-refractivity contribution in [3.8, 4) is 0 Å². The van der Waals surface area contributed by atoms with Crippen LogP contribution < -0.4 is 5.32 Å². The van der Waals surface area contributed by atoms with Gasteiger partial charge < -0.3 is 10.2 Å². The molecule has 28 heavy (non-hydrogen) atoms. The molecule has 7 nitrogen and oxygen atoms in total. The summed E-state index contributed by atoms with van der Waals surface area (Å²) in [6.45, 7) is 0.734. The molecule has 0 aliphatic carbocycles. The highest BCUT2D eigenvalue weighted by molar-refractivity contribution is 7.89. The number of nitrogens with zero attached hydrogens (tertiary/aromatic N) is 2. The van der Waals surface area contributed by atoms with Crippen LogP contribution in [0.2, 0.25) is 0 Å². The van der Waals surface area contributed by atoms with E-state index in [4.69, 9.17) is 0 Å². The predicted molar refractivity (Wildman–Crippen MR) is 105 cm³/mol. The van der Waals surface area contributed by atoms with Crippen molar-refractivity contribution in [1.29, 1.82) is 0 Å².